The molecule has 1 aliphatic carbocycles. The second-order valence-electron chi connectivity index (χ2n) is 2.77. The van der Waals surface area contributed by atoms with E-state index in [0.29, 0.717) is 18.5 Å². The number of ether oxygens (including phenoxy) is 1. The van der Waals surface area contributed by atoms with Crippen LogP contribution >= 0.6 is 0 Å². The van der Waals surface area contributed by atoms with Gasteiger partial charge in [-0.15, -0.1) is 0 Å². The maximum atomic E-state index is 11.1. The van der Waals surface area contributed by atoms with E-state index < -0.39 is 0 Å². The van der Waals surface area contributed by atoms with E-state index in [-0.39, 0.29) is 11.9 Å². The fourth-order valence-corrected chi connectivity index (χ4v) is 1.19. The summed E-state index contributed by atoms with van der Waals surface area (Å²) in [5.74, 6) is 0.0295. The standard InChI is InChI=1S/C9H13NO2/c1-12-9(11)8-4-2-3-7(5-8)6-10/h2-4,7H,5-6,10H2,1H3. The van der Waals surface area contributed by atoms with Crippen LogP contribution < -0.4 is 5.73 Å². The largest absolute Gasteiger partial charge is 0.466 e. The zero-order valence-electron chi connectivity index (χ0n) is 7.12. The fourth-order valence-electron chi connectivity index (χ4n) is 1.19. The molecule has 1 unspecified atom stereocenters. The second-order valence-corrected chi connectivity index (χ2v) is 2.77. The lowest BCUT2D eigenvalue weighted by molar-refractivity contribution is -0.136. The van der Waals surface area contributed by atoms with Crippen LogP contribution in [0.1, 0.15) is 6.42 Å². The summed E-state index contributed by atoms with van der Waals surface area (Å²) >= 11 is 0. The third-order valence-electron chi connectivity index (χ3n) is 1.91. The summed E-state index contributed by atoms with van der Waals surface area (Å²) in [6, 6.07) is 0. The van der Waals surface area contributed by atoms with Crippen LogP contribution in [-0.4, -0.2) is 19.6 Å². The molecule has 0 aromatic rings. The summed E-state index contributed by atoms with van der Waals surface area (Å²) in [7, 11) is 1.39. The minimum absolute atomic E-state index is 0.252. The minimum atomic E-state index is -0.252. The quantitative estimate of drug-likeness (QED) is 0.613. The lowest BCUT2D eigenvalue weighted by Crippen LogP contribution is -2.17. The first kappa shape index (κ1) is 9.00. The zero-order valence-corrected chi connectivity index (χ0v) is 7.12. The Hall–Kier alpha value is -1.09. The van der Waals surface area contributed by atoms with E-state index in [1.165, 1.54) is 7.11 Å². The molecule has 0 aromatic heterocycles. The molecule has 1 aliphatic rings. The molecule has 3 heteroatoms. The highest BCUT2D eigenvalue weighted by molar-refractivity contribution is 5.89. The van der Waals surface area contributed by atoms with Crippen molar-refractivity contribution < 1.29 is 9.53 Å². The van der Waals surface area contributed by atoms with Gasteiger partial charge in [-0.1, -0.05) is 18.2 Å². The molecule has 3 nitrogen and oxygen atoms in total. The lowest BCUT2D eigenvalue weighted by atomic mass is 9.94. The molecule has 12 heavy (non-hydrogen) atoms. The van der Waals surface area contributed by atoms with E-state index in [1.807, 2.05) is 12.2 Å². The van der Waals surface area contributed by atoms with Crippen molar-refractivity contribution in [2.45, 2.75) is 6.42 Å². The Bertz CT molecular complexity index is 231. The molecule has 0 amide bonds. The third-order valence-corrected chi connectivity index (χ3v) is 1.91. The van der Waals surface area contributed by atoms with Crippen LogP contribution in [0, 0.1) is 5.92 Å². The van der Waals surface area contributed by atoms with Crippen LogP contribution in [0.3, 0.4) is 0 Å². The maximum Gasteiger partial charge on any atom is 0.333 e. The normalized spacial score (nSPS) is 21.8. The van der Waals surface area contributed by atoms with Gasteiger partial charge >= 0.3 is 5.97 Å². The number of hydrogen-bond acceptors (Lipinski definition) is 3. The summed E-state index contributed by atoms with van der Waals surface area (Å²) in [5.41, 5.74) is 6.18. The second kappa shape index (κ2) is 4.07. The van der Waals surface area contributed by atoms with Gasteiger partial charge in [0.2, 0.25) is 0 Å². The monoisotopic (exact) mass is 167 g/mol. The van der Waals surface area contributed by atoms with Gasteiger partial charge in [0.05, 0.1) is 7.11 Å². The van der Waals surface area contributed by atoms with Crippen LogP contribution in [0.5, 0.6) is 0 Å². The SMILES string of the molecule is COC(=O)C1=CC=CC(CN)C1. The van der Waals surface area contributed by atoms with Gasteiger partial charge in [0.25, 0.3) is 0 Å². The molecule has 1 atom stereocenters. The molecule has 1 rings (SSSR count). The first-order valence-electron chi connectivity index (χ1n) is 3.93. The highest BCUT2D eigenvalue weighted by atomic mass is 16.5. The van der Waals surface area contributed by atoms with Gasteiger partial charge in [-0.05, 0) is 18.9 Å². The van der Waals surface area contributed by atoms with Crippen LogP contribution in [0.4, 0.5) is 0 Å². The van der Waals surface area contributed by atoms with Crippen LogP contribution in [0.25, 0.3) is 0 Å². The Labute approximate surface area is 71.9 Å². The first-order valence-corrected chi connectivity index (χ1v) is 3.93. The number of carbonyl (C=O) groups excluding carboxylic acids is 1. The molecule has 0 saturated heterocycles. The van der Waals surface area contributed by atoms with E-state index in [0.717, 1.165) is 0 Å². The number of nitrogens with two attached hydrogens (primary N) is 1. The summed E-state index contributed by atoms with van der Waals surface area (Å²) in [4.78, 5) is 11.1. The van der Waals surface area contributed by atoms with Crippen LogP contribution in [-0.2, 0) is 9.53 Å². The molecule has 0 aromatic carbocycles. The number of rotatable bonds is 2. The van der Waals surface area contributed by atoms with Crippen molar-refractivity contribution in [1.29, 1.82) is 0 Å². The molecule has 2 N–H and O–H groups in total. The molecule has 0 saturated carbocycles. The first-order chi connectivity index (χ1) is 5.77. The number of carbonyl (C=O) groups is 1. The highest BCUT2D eigenvalue weighted by Gasteiger charge is 2.15. The van der Waals surface area contributed by atoms with E-state index in [2.05, 4.69) is 4.74 Å². The highest BCUT2D eigenvalue weighted by Crippen LogP contribution is 2.18. The summed E-state index contributed by atoms with van der Waals surface area (Å²) in [6.45, 7) is 0.574. The molecule has 0 heterocycles. The van der Waals surface area contributed by atoms with Gasteiger partial charge in [0.15, 0.2) is 0 Å². The molecular weight excluding hydrogens is 154 g/mol. The Morgan fingerprint density at radius 1 is 1.83 bits per heavy atom. The van der Waals surface area contributed by atoms with Crippen molar-refractivity contribution in [3.63, 3.8) is 0 Å². The number of esters is 1. The van der Waals surface area contributed by atoms with E-state index >= 15 is 0 Å². The topological polar surface area (TPSA) is 52.3 Å². The van der Waals surface area contributed by atoms with Crippen molar-refractivity contribution in [3.05, 3.63) is 23.8 Å². The molecule has 66 valence electrons. The molecular formula is C9H13NO2. The maximum absolute atomic E-state index is 11.1. The van der Waals surface area contributed by atoms with Gasteiger partial charge in [0.1, 0.15) is 0 Å². The Morgan fingerprint density at radius 2 is 2.58 bits per heavy atom. The fraction of sp³-hybridized carbons (Fsp3) is 0.444. The number of hydrogen-bond donors (Lipinski definition) is 1. The number of allylic oxidation sites excluding steroid dienone is 2. The Balaban J connectivity index is 2.62. The van der Waals surface area contributed by atoms with Crippen LogP contribution in [0.15, 0.2) is 23.8 Å². The predicted octanol–water partition coefficient (Wildman–Crippen LogP) is 0.621. The van der Waals surface area contributed by atoms with Gasteiger partial charge in [0, 0.05) is 5.57 Å². The Morgan fingerprint density at radius 3 is 3.17 bits per heavy atom. The Kier molecular flexibility index (Phi) is 3.05. The zero-order chi connectivity index (χ0) is 8.97. The van der Waals surface area contributed by atoms with Gasteiger partial charge in [-0.25, -0.2) is 4.79 Å². The number of methoxy groups -OCH3 is 1. The predicted molar refractivity (Wildman–Crippen MR) is 46.4 cm³/mol. The van der Waals surface area contributed by atoms with Gasteiger partial charge < -0.3 is 10.5 Å². The smallest absolute Gasteiger partial charge is 0.333 e. The van der Waals surface area contributed by atoms with Crippen molar-refractivity contribution in [2.75, 3.05) is 13.7 Å². The minimum Gasteiger partial charge on any atom is -0.466 e. The molecule has 0 radical (unpaired) electrons. The van der Waals surface area contributed by atoms with Crippen molar-refractivity contribution in [3.8, 4) is 0 Å². The molecule has 0 fully saturated rings. The van der Waals surface area contributed by atoms with Crippen molar-refractivity contribution >= 4 is 5.97 Å². The average Bonchev–Trinajstić information content (AvgIpc) is 2.17. The van der Waals surface area contributed by atoms with Crippen molar-refractivity contribution in [1.82, 2.24) is 0 Å². The summed E-state index contributed by atoms with van der Waals surface area (Å²) in [6.07, 6.45) is 6.33. The lowest BCUT2D eigenvalue weighted by Gasteiger charge is -2.14. The van der Waals surface area contributed by atoms with E-state index in [9.17, 15) is 4.79 Å². The summed E-state index contributed by atoms with van der Waals surface area (Å²) < 4.78 is 4.60. The summed E-state index contributed by atoms with van der Waals surface area (Å²) in [5, 5.41) is 0. The molecule has 0 aliphatic heterocycles. The van der Waals surface area contributed by atoms with Gasteiger partial charge in [-0.3, -0.25) is 0 Å². The molecule has 0 bridgehead atoms. The van der Waals surface area contributed by atoms with E-state index in [4.69, 9.17) is 5.73 Å². The molecule has 0 spiro atoms. The average molecular weight is 167 g/mol. The van der Waals surface area contributed by atoms with E-state index in [1.54, 1.807) is 6.08 Å². The van der Waals surface area contributed by atoms with Crippen molar-refractivity contribution in [2.24, 2.45) is 11.7 Å². The third kappa shape index (κ3) is 1.95. The van der Waals surface area contributed by atoms with Crippen LogP contribution in [0.2, 0.25) is 0 Å². The van der Waals surface area contributed by atoms with Gasteiger partial charge in [-0.2, -0.15) is 0 Å².